The molecule has 0 unspecified atom stereocenters. The third kappa shape index (κ3) is 4.01. The number of hydrogen-bond donors (Lipinski definition) is 0. The Morgan fingerprint density at radius 1 is 1.22 bits per heavy atom. The topological polar surface area (TPSA) is 112 Å². The van der Waals surface area contributed by atoms with Crippen molar-refractivity contribution >= 4 is 32.0 Å². The van der Waals surface area contributed by atoms with Crippen LogP contribution in [-0.4, -0.2) is 76.1 Å². The molecular weight excluding hydrogens is 432 g/mol. The summed E-state index contributed by atoms with van der Waals surface area (Å²) >= 11 is 0. The Labute approximate surface area is 184 Å². The maximum atomic E-state index is 11.9. The van der Waals surface area contributed by atoms with Crippen LogP contribution in [0.1, 0.15) is 0 Å². The van der Waals surface area contributed by atoms with Gasteiger partial charge in [-0.05, 0) is 18.2 Å². The van der Waals surface area contributed by atoms with E-state index in [0.717, 1.165) is 16.5 Å². The van der Waals surface area contributed by atoms with Crippen molar-refractivity contribution in [3.8, 4) is 17.1 Å². The Morgan fingerprint density at radius 3 is 2.91 bits per heavy atom. The predicted molar refractivity (Wildman–Crippen MR) is 119 cm³/mol. The fraction of sp³-hybridized carbons (Fsp3) is 0.333. The minimum absolute atomic E-state index is 0.149. The summed E-state index contributed by atoms with van der Waals surface area (Å²) in [6.45, 7) is 1.05. The molecule has 4 aromatic rings. The lowest BCUT2D eigenvalue weighted by molar-refractivity contribution is -0.0252. The lowest BCUT2D eigenvalue weighted by atomic mass is 10.1. The van der Waals surface area contributed by atoms with Crippen LogP contribution in [0.4, 0.5) is 0 Å². The van der Waals surface area contributed by atoms with Gasteiger partial charge in [0.2, 0.25) is 15.9 Å². The first-order chi connectivity index (χ1) is 15.4. The molecule has 0 radical (unpaired) electrons. The molecule has 1 saturated heterocycles. The molecule has 0 aliphatic carbocycles. The Kier molecular flexibility index (Phi) is 5.24. The van der Waals surface area contributed by atoms with Crippen LogP contribution in [0.5, 0.6) is 5.88 Å². The molecule has 11 heteroatoms. The van der Waals surface area contributed by atoms with Gasteiger partial charge >= 0.3 is 0 Å². The van der Waals surface area contributed by atoms with Gasteiger partial charge < -0.3 is 9.47 Å². The van der Waals surface area contributed by atoms with Crippen molar-refractivity contribution in [2.45, 2.75) is 6.10 Å². The van der Waals surface area contributed by atoms with Crippen molar-refractivity contribution in [2.24, 2.45) is 7.05 Å². The van der Waals surface area contributed by atoms with E-state index in [2.05, 4.69) is 15.1 Å². The summed E-state index contributed by atoms with van der Waals surface area (Å²) in [6.07, 6.45) is 5.81. The summed E-state index contributed by atoms with van der Waals surface area (Å²) in [6, 6.07) is 7.86. The molecule has 32 heavy (non-hydrogen) atoms. The zero-order valence-electron chi connectivity index (χ0n) is 17.7. The van der Waals surface area contributed by atoms with Crippen LogP contribution >= 0.6 is 0 Å². The fourth-order valence-electron chi connectivity index (χ4n) is 3.78. The number of ether oxygens (including phenoxy) is 2. The number of aromatic nitrogens is 5. The molecule has 3 aromatic heterocycles. The van der Waals surface area contributed by atoms with E-state index in [4.69, 9.17) is 14.5 Å². The molecule has 0 bridgehead atoms. The fourth-order valence-corrected chi connectivity index (χ4v) is 4.62. The first-order valence-electron chi connectivity index (χ1n) is 10.1. The first-order valence-corrected chi connectivity index (χ1v) is 12.0. The molecule has 1 fully saturated rings. The van der Waals surface area contributed by atoms with E-state index in [0.29, 0.717) is 35.8 Å². The standard InChI is InChI=1S/C21H22N6O4S/c1-26-19-4-3-14(9-15(19)11-24-26)17-10-18-20(23-6-5-22-18)21(25-17)31-13-16-12-27(7-8-30-16)32(2,28)29/h3-6,9-11,16H,7-8,12-13H2,1-2H3/t16-/m0/s1. The zero-order valence-corrected chi connectivity index (χ0v) is 18.5. The number of benzene rings is 1. The largest absolute Gasteiger partial charge is 0.473 e. The van der Waals surface area contributed by atoms with Crippen LogP contribution in [-0.2, 0) is 21.8 Å². The van der Waals surface area contributed by atoms with Gasteiger partial charge in [-0.2, -0.15) is 9.40 Å². The molecule has 166 valence electrons. The average Bonchev–Trinajstić information content (AvgIpc) is 3.17. The van der Waals surface area contributed by atoms with Crippen molar-refractivity contribution in [2.75, 3.05) is 32.6 Å². The molecule has 1 aliphatic rings. The summed E-state index contributed by atoms with van der Waals surface area (Å²) in [5.41, 5.74) is 3.81. The smallest absolute Gasteiger partial charge is 0.242 e. The van der Waals surface area contributed by atoms with Crippen LogP contribution in [0.2, 0.25) is 0 Å². The molecule has 0 saturated carbocycles. The summed E-state index contributed by atoms with van der Waals surface area (Å²) in [5.74, 6) is 0.331. The highest BCUT2D eigenvalue weighted by Gasteiger charge is 2.27. The number of aryl methyl sites for hydroxylation is 1. The van der Waals surface area contributed by atoms with Gasteiger partial charge in [-0.25, -0.2) is 18.4 Å². The van der Waals surface area contributed by atoms with E-state index in [1.165, 1.54) is 10.6 Å². The van der Waals surface area contributed by atoms with E-state index >= 15 is 0 Å². The second-order valence-electron chi connectivity index (χ2n) is 7.70. The lowest BCUT2D eigenvalue weighted by Gasteiger charge is -2.30. The van der Waals surface area contributed by atoms with E-state index in [-0.39, 0.29) is 13.2 Å². The maximum absolute atomic E-state index is 11.9. The van der Waals surface area contributed by atoms with Crippen LogP contribution in [0.3, 0.4) is 0 Å². The van der Waals surface area contributed by atoms with Crippen LogP contribution in [0.25, 0.3) is 33.2 Å². The number of nitrogens with zero attached hydrogens (tertiary/aromatic N) is 6. The summed E-state index contributed by atoms with van der Waals surface area (Å²) in [7, 11) is -1.38. The molecule has 10 nitrogen and oxygen atoms in total. The number of hydrogen-bond acceptors (Lipinski definition) is 8. The average molecular weight is 455 g/mol. The number of pyridine rings is 1. The molecule has 0 spiro atoms. The van der Waals surface area contributed by atoms with Crippen molar-refractivity contribution in [3.05, 3.63) is 42.9 Å². The van der Waals surface area contributed by atoms with Gasteiger partial charge in [0.05, 0.1) is 35.8 Å². The molecule has 1 aromatic carbocycles. The van der Waals surface area contributed by atoms with Crippen LogP contribution < -0.4 is 4.74 Å². The van der Waals surface area contributed by atoms with E-state index < -0.39 is 16.1 Å². The lowest BCUT2D eigenvalue weighted by Crippen LogP contribution is -2.47. The molecular formula is C21H22N6O4S. The van der Waals surface area contributed by atoms with Gasteiger partial charge in [-0.1, -0.05) is 6.07 Å². The summed E-state index contributed by atoms with van der Waals surface area (Å²) < 4.78 is 38.7. The van der Waals surface area contributed by atoms with Crippen molar-refractivity contribution in [3.63, 3.8) is 0 Å². The van der Waals surface area contributed by atoms with E-state index in [9.17, 15) is 8.42 Å². The number of sulfonamides is 1. The summed E-state index contributed by atoms with van der Waals surface area (Å²) in [4.78, 5) is 13.5. The minimum atomic E-state index is -3.28. The Hall–Kier alpha value is -3.15. The normalized spacial score (nSPS) is 17.8. The van der Waals surface area contributed by atoms with E-state index in [1.54, 1.807) is 12.4 Å². The Bertz CT molecular complexity index is 1400. The number of fused-ring (bicyclic) bond motifs is 2. The van der Waals surface area contributed by atoms with Crippen molar-refractivity contribution in [1.29, 1.82) is 0 Å². The van der Waals surface area contributed by atoms with Gasteiger partial charge in [-0.15, -0.1) is 0 Å². The quantitative estimate of drug-likeness (QED) is 0.447. The molecule has 5 rings (SSSR count). The van der Waals surface area contributed by atoms with E-state index in [1.807, 2.05) is 42.2 Å². The molecule has 1 atom stereocenters. The monoisotopic (exact) mass is 454 g/mol. The second kappa shape index (κ2) is 8.08. The highest BCUT2D eigenvalue weighted by molar-refractivity contribution is 7.88. The Morgan fingerprint density at radius 2 is 2.06 bits per heavy atom. The number of rotatable bonds is 5. The van der Waals surface area contributed by atoms with Gasteiger partial charge in [-0.3, -0.25) is 9.67 Å². The Balaban J connectivity index is 1.45. The van der Waals surface area contributed by atoms with Crippen LogP contribution in [0.15, 0.2) is 42.9 Å². The SMILES string of the molecule is Cn1ncc2cc(-c3cc4nccnc4c(OC[C@@H]4CN(S(C)(=O)=O)CCO4)n3)ccc21. The van der Waals surface area contributed by atoms with Crippen LogP contribution in [0, 0.1) is 0 Å². The summed E-state index contributed by atoms with van der Waals surface area (Å²) in [5, 5.41) is 5.30. The molecule has 0 N–H and O–H groups in total. The van der Waals surface area contributed by atoms with Gasteiger partial charge in [0.25, 0.3) is 0 Å². The highest BCUT2D eigenvalue weighted by atomic mass is 32.2. The van der Waals surface area contributed by atoms with Gasteiger partial charge in [0.15, 0.2) is 5.52 Å². The van der Waals surface area contributed by atoms with Crippen molar-refractivity contribution < 1.29 is 17.9 Å². The molecule has 0 amide bonds. The predicted octanol–water partition coefficient (Wildman–Crippen LogP) is 1.62. The first kappa shape index (κ1) is 20.7. The number of morpholine rings is 1. The second-order valence-corrected chi connectivity index (χ2v) is 9.69. The van der Waals surface area contributed by atoms with Crippen molar-refractivity contribution in [1.82, 2.24) is 29.0 Å². The highest BCUT2D eigenvalue weighted by Crippen LogP contribution is 2.29. The maximum Gasteiger partial charge on any atom is 0.242 e. The molecule has 1 aliphatic heterocycles. The third-order valence-electron chi connectivity index (χ3n) is 5.44. The van der Waals surface area contributed by atoms with Gasteiger partial charge in [0, 0.05) is 43.5 Å². The third-order valence-corrected chi connectivity index (χ3v) is 6.71. The molecule has 4 heterocycles. The zero-order chi connectivity index (χ0) is 22.3. The van der Waals surface area contributed by atoms with Gasteiger partial charge in [0.1, 0.15) is 12.7 Å². The minimum Gasteiger partial charge on any atom is -0.473 e.